The Kier molecular flexibility index (Phi) is 4.55. The zero-order chi connectivity index (χ0) is 17.2. The van der Waals surface area contributed by atoms with Gasteiger partial charge in [-0.05, 0) is 31.2 Å². The Labute approximate surface area is 141 Å². The van der Waals surface area contributed by atoms with Crippen LogP contribution in [0.3, 0.4) is 0 Å². The Morgan fingerprint density at radius 3 is 2.62 bits per heavy atom. The van der Waals surface area contributed by atoms with E-state index in [1.54, 1.807) is 4.90 Å². The van der Waals surface area contributed by atoms with Gasteiger partial charge in [-0.3, -0.25) is 9.69 Å². The number of likely N-dealkylation sites (tertiary alicyclic amines) is 2. The van der Waals surface area contributed by atoms with Crippen LogP contribution in [0.4, 0.5) is 4.79 Å². The van der Waals surface area contributed by atoms with Crippen LogP contribution in [0.2, 0.25) is 0 Å². The van der Waals surface area contributed by atoms with Crippen LogP contribution >= 0.6 is 0 Å². The van der Waals surface area contributed by atoms with Crippen LogP contribution in [-0.2, 0) is 16.0 Å². The van der Waals surface area contributed by atoms with Gasteiger partial charge in [-0.1, -0.05) is 30.3 Å². The van der Waals surface area contributed by atoms with E-state index in [0.717, 1.165) is 18.3 Å². The Morgan fingerprint density at radius 2 is 1.96 bits per heavy atom. The van der Waals surface area contributed by atoms with Gasteiger partial charge in [-0.25, -0.2) is 4.79 Å². The molecule has 2 aliphatic rings. The number of aldehydes is 1. The van der Waals surface area contributed by atoms with Gasteiger partial charge in [-0.2, -0.15) is 0 Å². The second kappa shape index (κ2) is 6.63. The van der Waals surface area contributed by atoms with Crippen LogP contribution < -0.4 is 0 Å². The van der Waals surface area contributed by atoms with Gasteiger partial charge in [-0.15, -0.1) is 0 Å². The number of rotatable bonds is 4. The van der Waals surface area contributed by atoms with Crippen molar-refractivity contribution in [2.45, 2.75) is 43.7 Å². The summed E-state index contributed by atoms with van der Waals surface area (Å²) in [5.41, 5.74) is -0.167. The van der Waals surface area contributed by atoms with E-state index in [-0.39, 0.29) is 5.91 Å². The third kappa shape index (κ3) is 2.77. The van der Waals surface area contributed by atoms with E-state index in [9.17, 15) is 19.5 Å². The van der Waals surface area contributed by atoms with Crippen LogP contribution in [0, 0.1) is 0 Å². The number of carbonyl (C=O) groups excluding carboxylic acids is 2. The Morgan fingerprint density at radius 1 is 1.21 bits per heavy atom. The molecule has 2 aliphatic heterocycles. The molecule has 2 saturated heterocycles. The third-order valence-electron chi connectivity index (χ3n) is 5.17. The SMILES string of the molecule is O=C[C@@H]1CCCN1C(=O)[C@@]1(Cc2ccccc2)CCCN1C(=O)O. The maximum absolute atomic E-state index is 13.3. The minimum absolute atomic E-state index is 0.221. The van der Waals surface area contributed by atoms with E-state index in [2.05, 4.69) is 0 Å². The molecular formula is C18H22N2O4. The molecule has 1 aromatic carbocycles. The van der Waals surface area contributed by atoms with Gasteiger partial charge in [0, 0.05) is 19.5 Å². The lowest BCUT2D eigenvalue weighted by molar-refractivity contribution is -0.144. The summed E-state index contributed by atoms with van der Waals surface area (Å²) < 4.78 is 0. The molecule has 1 N–H and O–H groups in total. The van der Waals surface area contributed by atoms with Gasteiger partial charge in [0.15, 0.2) is 0 Å². The fourth-order valence-electron chi connectivity index (χ4n) is 4.03. The summed E-state index contributed by atoms with van der Waals surface area (Å²) in [7, 11) is 0. The maximum atomic E-state index is 13.3. The highest BCUT2D eigenvalue weighted by atomic mass is 16.4. The first-order chi connectivity index (χ1) is 11.6. The minimum atomic E-state index is -1.10. The van der Waals surface area contributed by atoms with E-state index < -0.39 is 17.7 Å². The van der Waals surface area contributed by atoms with Crippen LogP contribution in [0.25, 0.3) is 0 Å². The fraction of sp³-hybridized carbons (Fsp3) is 0.500. The molecule has 0 unspecified atom stereocenters. The molecular weight excluding hydrogens is 308 g/mol. The first-order valence-electron chi connectivity index (χ1n) is 8.39. The molecule has 24 heavy (non-hydrogen) atoms. The molecule has 2 atom stereocenters. The van der Waals surface area contributed by atoms with Crippen LogP contribution in [-0.4, -0.2) is 57.9 Å². The predicted octanol–water partition coefficient (Wildman–Crippen LogP) is 1.93. The number of hydrogen-bond donors (Lipinski definition) is 1. The highest BCUT2D eigenvalue weighted by Crippen LogP contribution is 2.36. The van der Waals surface area contributed by atoms with Crippen molar-refractivity contribution in [3.63, 3.8) is 0 Å². The number of nitrogens with zero attached hydrogens (tertiary/aromatic N) is 2. The molecule has 128 valence electrons. The van der Waals surface area contributed by atoms with Crippen molar-refractivity contribution in [1.82, 2.24) is 9.80 Å². The van der Waals surface area contributed by atoms with Crippen molar-refractivity contribution in [2.24, 2.45) is 0 Å². The molecule has 6 nitrogen and oxygen atoms in total. The number of carboxylic acid groups (broad SMARTS) is 1. The van der Waals surface area contributed by atoms with Crippen molar-refractivity contribution < 1.29 is 19.5 Å². The molecule has 0 radical (unpaired) electrons. The van der Waals surface area contributed by atoms with E-state index in [1.165, 1.54) is 4.90 Å². The lowest BCUT2D eigenvalue weighted by Gasteiger charge is -2.39. The molecule has 6 heteroatoms. The topological polar surface area (TPSA) is 77.9 Å². The maximum Gasteiger partial charge on any atom is 0.408 e. The van der Waals surface area contributed by atoms with E-state index in [0.29, 0.717) is 38.8 Å². The summed E-state index contributed by atoms with van der Waals surface area (Å²) in [6, 6.07) is 9.06. The van der Waals surface area contributed by atoms with Crippen molar-refractivity contribution >= 4 is 18.3 Å². The third-order valence-corrected chi connectivity index (χ3v) is 5.17. The molecule has 2 fully saturated rings. The summed E-state index contributed by atoms with van der Waals surface area (Å²) in [5, 5.41) is 9.63. The number of amides is 2. The summed E-state index contributed by atoms with van der Waals surface area (Å²) in [6.07, 6.45) is 2.67. The minimum Gasteiger partial charge on any atom is -0.465 e. The molecule has 0 bridgehead atoms. The highest BCUT2D eigenvalue weighted by Gasteiger charge is 2.52. The van der Waals surface area contributed by atoms with E-state index in [1.807, 2.05) is 30.3 Å². The first kappa shape index (κ1) is 16.5. The number of benzene rings is 1. The van der Waals surface area contributed by atoms with Gasteiger partial charge in [0.1, 0.15) is 11.8 Å². The summed E-state index contributed by atoms with van der Waals surface area (Å²) in [6.45, 7) is 0.875. The first-order valence-corrected chi connectivity index (χ1v) is 8.39. The molecule has 0 aromatic heterocycles. The summed E-state index contributed by atoms with van der Waals surface area (Å²) >= 11 is 0. The normalized spacial score (nSPS) is 26.6. The van der Waals surface area contributed by atoms with Crippen molar-refractivity contribution in [3.8, 4) is 0 Å². The van der Waals surface area contributed by atoms with Crippen molar-refractivity contribution in [2.75, 3.05) is 13.1 Å². The van der Waals surface area contributed by atoms with Gasteiger partial charge < -0.3 is 14.8 Å². The second-order valence-corrected chi connectivity index (χ2v) is 6.58. The predicted molar refractivity (Wildman–Crippen MR) is 87.6 cm³/mol. The van der Waals surface area contributed by atoms with Crippen molar-refractivity contribution in [1.29, 1.82) is 0 Å². The molecule has 2 heterocycles. The summed E-state index contributed by atoms with van der Waals surface area (Å²) in [4.78, 5) is 39.2. The number of hydrogen-bond acceptors (Lipinski definition) is 3. The lowest BCUT2D eigenvalue weighted by atomic mass is 9.86. The molecule has 0 aliphatic carbocycles. The summed E-state index contributed by atoms with van der Waals surface area (Å²) in [5.74, 6) is -0.221. The Hall–Kier alpha value is -2.37. The van der Waals surface area contributed by atoms with Gasteiger partial charge >= 0.3 is 6.09 Å². The standard InChI is InChI=1S/C18H22N2O4/c21-13-15-8-4-10-19(15)16(22)18(9-5-11-20(18)17(23)24)12-14-6-2-1-3-7-14/h1-3,6-7,13,15H,4-5,8-12H2,(H,23,24)/t15-,18-/m0/s1. The largest absolute Gasteiger partial charge is 0.465 e. The van der Waals surface area contributed by atoms with Crippen LogP contribution in [0.15, 0.2) is 30.3 Å². The molecule has 0 saturated carbocycles. The van der Waals surface area contributed by atoms with Gasteiger partial charge in [0.05, 0.1) is 6.04 Å². The average molecular weight is 330 g/mol. The fourth-order valence-corrected chi connectivity index (χ4v) is 4.03. The number of carbonyl (C=O) groups is 3. The highest BCUT2D eigenvalue weighted by molar-refractivity contribution is 5.92. The zero-order valence-electron chi connectivity index (χ0n) is 13.6. The monoisotopic (exact) mass is 330 g/mol. The zero-order valence-corrected chi connectivity index (χ0v) is 13.6. The van der Waals surface area contributed by atoms with Gasteiger partial charge in [0.25, 0.3) is 0 Å². The quantitative estimate of drug-likeness (QED) is 0.856. The Balaban J connectivity index is 1.97. The van der Waals surface area contributed by atoms with Gasteiger partial charge in [0.2, 0.25) is 5.91 Å². The molecule has 3 rings (SSSR count). The second-order valence-electron chi connectivity index (χ2n) is 6.58. The molecule has 0 spiro atoms. The van der Waals surface area contributed by atoms with Crippen LogP contribution in [0.1, 0.15) is 31.2 Å². The molecule has 2 amide bonds. The van der Waals surface area contributed by atoms with E-state index in [4.69, 9.17) is 0 Å². The average Bonchev–Trinajstić information content (AvgIpc) is 3.22. The Bertz CT molecular complexity index is 633. The van der Waals surface area contributed by atoms with Crippen molar-refractivity contribution in [3.05, 3.63) is 35.9 Å². The smallest absolute Gasteiger partial charge is 0.408 e. The van der Waals surface area contributed by atoms with E-state index >= 15 is 0 Å². The van der Waals surface area contributed by atoms with Crippen LogP contribution in [0.5, 0.6) is 0 Å². The molecule has 1 aromatic rings. The lowest BCUT2D eigenvalue weighted by Crippen LogP contribution is -2.60.